The molecule has 0 fully saturated rings. The molecule has 5 nitrogen and oxygen atoms in total. The molecule has 0 aliphatic heterocycles. The normalized spacial score (nSPS) is 10.2. The molecule has 0 aliphatic carbocycles. The SMILES string of the molecule is CCCCCOc1ccc(C(=O)NNC(=O)CCCCC)cc1. The van der Waals surface area contributed by atoms with E-state index in [2.05, 4.69) is 24.7 Å². The zero-order valence-electron chi connectivity index (χ0n) is 14.2. The van der Waals surface area contributed by atoms with E-state index >= 15 is 0 Å². The second-order valence-corrected chi connectivity index (χ2v) is 5.54. The minimum absolute atomic E-state index is 0.164. The molecule has 0 saturated carbocycles. The van der Waals surface area contributed by atoms with Crippen molar-refractivity contribution in [3.05, 3.63) is 29.8 Å². The molecule has 2 N–H and O–H groups in total. The van der Waals surface area contributed by atoms with Crippen molar-refractivity contribution >= 4 is 11.8 Å². The fraction of sp³-hybridized carbons (Fsp3) is 0.556. The lowest BCUT2D eigenvalue weighted by atomic mass is 10.2. The molecule has 0 aromatic heterocycles. The van der Waals surface area contributed by atoms with Gasteiger partial charge in [0.2, 0.25) is 5.91 Å². The molecule has 0 unspecified atom stereocenters. The third-order valence-electron chi connectivity index (χ3n) is 3.46. The maximum atomic E-state index is 11.9. The van der Waals surface area contributed by atoms with Crippen LogP contribution in [0.5, 0.6) is 5.75 Å². The lowest BCUT2D eigenvalue weighted by Crippen LogP contribution is -2.41. The van der Waals surface area contributed by atoms with E-state index in [1.807, 2.05) is 0 Å². The average Bonchev–Trinajstić information content (AvgIpc) is 2.57. The van der Waals surface area contributed by atoms with Crippen molar-refractivity contribution in [3.8, 4) is 5.75 Å². The molecule has 0 heterocycles. The summed E-state index contributed by atoms with van der Waals surface area (Å²) in [6.45, 7) is 4.92. The number of unbranched alkanes of at least 4 members (excludes halogenated alkanes) is 4. The first kappa shape index (κ1) is 19.0. The summed E-state index contributed by atoms with van der Waals surface area (Å²) in [6, 6.07) is 6.91. The van der Waals surface area contributed by atoms with Gasteiger partial charge in [-0.25, -0.2) is 0 Å². The summed E-state index contributed by atoms with van der Waals surface area (Å²) in [6.07, 6.45) is 6.68. The summed E-state index contributed by atoms with van der Waals surface area (Å²) in [4.78, 5) is 23.5. The van der Waals surface area contributed by atoms with Crippen molar-refractivity contribution in [2.75, 3.05) is 6.61 Å². The molecule has 0 aliphatic rings. The molecule has 1 aromatic carbocycles. The van der Waals surface area contributed by atoms with E-state index in [9.17, 15) is 9.59 Å². The van der Waals surface area contributed by atoms with Gasteiger partial charge in [0.05, 0.1) is 6.61 Å². The standard InChI is InChI=1S/C18H28N2O3/c1-3-5-7-9-17(21)19-20-18(22)15-10-12-16(13-11-15)23-14-8-6-4-2/h10-13H,3-9,14H2,1-2H3,(H,19,21)(H,20,22). The number of carbonyl (C=O) groups excluding carboxylic acids is 2. The number of carbonyl (C=O) groups is 2. The second-order valence-electron chi connectivity index (χ2n) is 5.54. The topological polar surface area (TPSA) is 67.4 Å². The number of amides is 2. The molecule has 0 radical (unpaired) electrons. The van der Waals surface area contributed by atoms with Gasteiger partial charge in [-0.2, -0.15) is 0 Å². The van der Waals surface area contributed by atoms with Crippen LogP contribution in [-0.2, 0) is 4.79 Å². The van der Waals surface area contributed by atoms with Crippen LogP contribution >= 0.6 is 0 Å². The Labute approximate surface area is 138 Å². The predicted octanol–water partition coefficient (Wildman–Crippen LogP) is 3.60. The number of hydrazine groups is 1. The first-order chi connectivity index (χ1) is 11.2. The van der Waals surface area contributed by atoms with Gasteiger partial charge >= 0.3 is 0 Å². The first-order valence-corrected chi connectivity index (χ1v) is 8.49. The van der Waals surface area contributed by atoms with Crippen molar-refractivity contribution in [2.45, 2.75) is 58.8 Å². The summed E-state index contributed by atoms with van der Waals surface area (Å²) < 4.78 is 5.59. The van der Waals surface area contributed by atoms with E-state index in [0.29, 0.717) is 18.6 Å². The lowest BCUT2D eigenvalue weighted by molar-refractivity contribution is -0.121. The molecule has 1 aromatic rings. The van der Waals surface area contributed by atoms with Gasteiger partial charge in [-0.05, 0) is 37.1 Å². The van der Waals surface area contributed by atoms with Gasteiger partial charge in [0.15, 0.2) is 0 Å². The zero-order valence-corrected chi connectivity index (χ0v) is 14.2. The van der Waals surface area contributed by atoms with Crippen LogP contribution in [0.25, 0.3) is 0 Å². The average molecular weight is 320 g/mol. The Morgan fingerprint density at radius 1 is 0.913 bits per heavy atom. The van der Waals surface area contributed by atoms with Crippen LogP contribution in [0.1, 0.15) is 69.2 Å². The Morgan fingerprint density at radius 3 is 2.22 bits per heavy atom. The quantitative estimate of drug-likeness (QED) is 0.511. The van der Waals surface area contributed by atoms with Gasteiger partial charge in [-0.3, -0.25) is 20.4 Å². The second kappa shape index (κ2) is 11.5. The number of ether oxygens (including phenoxy) is 1. The maximum Gasteiger partial charge on any atom is 0.269 e. The number of benzene rings is 1. The Bertz CT molecular complexity index is 472. The number of hydrogen-bond donors (Lipinski definition) is 2. The van der Waals surface area contributed by atoms with Crippen LogP contribution in [0.3, 0.4) is 0 Å². The van der Waals surface area contributed by atoms with Gasteiger partial charge < -0.3 is 4.74 Å². The van der Waals surface area contributed by atoms with E-state index in [0.717, 1.165) is 44.3 Å². The largest absolute Gasteiger partial charge is 0.494 e. The van der Waals surface area contributed by atoms with Crippen LogP contribution in [0, 0.1) is 0 Å². The van der Waals surface area contributed by atoms with Crippen LogP contribution in [0.15, 0.2) is 24.3 Å². The van der Waals surface area contributed by atoms with Crippen LogP contribution in [0.4, 0.5) is 0 Å². The summed E-state index contributed by atoms with van der Waals surface area (Å²) in [7, 11) is 0. The molecule has 0 spiro atoms. The van der Waals surface area contributed by atoms with Crippen molar-refractivity contribution < 1.29 is 14.3 Å². The predicted molar refractivity (Wildman–Crippen MR) is 91.2 cm³/mol. The van der Waals surface area contributed by atoms with Crippen molar-refractivity contribution in [3.63, 3.8) is 0 Å². The Balaban J connectivity index is 2.31. The van der Waals surface area contributed by atoms with E-state index < -0.39 is 0 Å². The first-order valence-electron chi connectivity index (χ1n) is 8.49. The fourth-order valence-corrected chi connectivity index (χ4v) is 2.04. The van der Waals surface area contributed by atoms with E-state index in [1.54, 1.807) is 24.3 Å². The third kappa shape index (κ3) is 8.24. The van der Waals surface area contributed by atoms with Gasteiger partial charge in [0.25, 0.3) is 5.91 Å². The van der Waals surface area contributed by atoms with Crippen LogP contribution in [-0.4, -0.2) is 18.4 Å². The summed E-state index contributed by atoms with van der Waals surface area (Å²) in [5.41, 5.74) is 5.34. The lowest BCUT2D eigenvalue weighted by Gasteiger charge is -2.09. The molecule has 1 rings (SSSR count). The summed E-state index contributed by atoms with van der Waals surface area (Å²) >= 11 is 0. The molecule has 2 amide bonds. The molecule has 0 bridgehead atoms. The third-order valence-corrected chi connectivity index (χ3v) is 3.46. The van der Waals surface area contributed by atoms with E-state index in [1.165, 1.54) is 0 Å². The highest BCUT2D eigenvalue weighted by molar-refractivity contribution is 5.95. The van der Waals surface area contributed by atoms with Gasteiger partial charge in [-0.1, -0.05) is 39.5 Å². The number of rotatable bonds is 10. The molecule has 0 saturated heterocycles. The monoisotopic (exact) mass is 320 g/mol. The maximum absolute atomic E-state index is 11.9. The van der Waals surface area contributed by atoms with Crippen molar-refractivity contribution in [2.24, 2.45) is 0 Å². The van der Waals surface area contributed by atoms with Crippen molar-refractivity contribution in [1.29, 1.82) is 0 Å². The number of nitrogens with one attached hydrogen (secondary N) is 2. The molecular weight excluding hydrogens is 292 g/mol. The van der Waals surface area contributed by atoms with Crippen molar-refractivity contribution in [1.82, 2.24) is 10.9 Å². The highest BCUT2D eigenvalue weighted by atomic mass is 16.5. The molecule has 128 valence electrons. The van der Waals surface area contributed by atoms with Gasteiger partial charge in [0, 0.05) is 12.0 Å². The Kier molecular flexibility index (Phi) is 9.52. The highest BCUT2D eigenvalue weighted by Gasteiger charge is 2.07. The smallest absolute Gasteiger partial charge is 0.269 e. The summed E-state index contributed by atoms with van der Waals surface area (Å²) in [5.74, 6) is 0.260. The fourth-order valence-electron chi connectivity index (χ4n) is 2.04. The Morgan fingerprint density at radius 2 is 1.57 bits per heavy atom. The van der Waals surface area contributed by atoms with Crippen LogP contribution in [0.2, 0.25) is 0 Å². The van der Waals surface area contributed by atoms with E-state index in [-0.39, 0.29) is 11.8 Å². The molecule has 0 atom stereocenters. The number of hydrogen-bond acceptors (Lipinski definition) is 3. The summed E-state index contributed by atoms with van der Waals surface area (Å²) in [5, 5.41) is 0. The highest BCUT2D eigenvalue weighted by Crippen LogP contribution is 2.12. The van der Waals surface area contributed by atoms with E-state index in [4.69, 9.17) is 4.74 Å². The zero-order chi connectivity index (χ0) is 16.9. The molecule has 5 heteroatoms. The van der Waals surface area contributed by atoms with Gasteiger partial charge in [-0.15, -0.1) is 0 Å². The molecule has 23 heavy (non-hydrogen) atoms. The molecular formula is C18H28N2O3. The minimum Gasteiger partial charge on any atom is -0.494 e. The van der Waals surface area contributed by atoms with Gasteiger partial charge in [0.1, 0.15) is 5.75 Å². The van der Waals surface area contributed by atoms with Crippen LogP contribution < -0.4 is 15.6 Å². The minimum atomic E-state index is -0.327. The Hall–Kier alpha value is -2.04.